The van der Waals surface area contributed by atoms with Gasteiger partial charge in [0.15, 0.2) is 5.96 Å². The Kier molecular flexibility index (Phi) is 7.06. The lowest BCUT2D eigenvalue weighted by Crippen LogP contribution is -2.50. The molecule has 0 bridgehead atoms. The molecule has 1 unspecified atom stereocenters. The molecule has 0 aliphatic carbocycles. The Morgan fingerprint density at radius 2 is 2.04 bits per heavy atom. The van der Waals surface area contributed by atoms with Crippen LogP contribution < -0.4 is 10.5 Å². The highest BCUT2D eigenvalue weighted by Crippen LogP contribution is 2.33. The number of aliphatic imine (C=N–C) groups is 1. The average molecular weight is 381 g/mol. The molecule has 1 heterocycles. The molecule has 1 fully saturated rings. The van der Waals surface area contributed by atoms with Crippen molar-refractivity contribution in [2.75, 3.05) is 26.7 Å². The summed E-state index contributed by atoms with van der Waals surface area (Å²) in [5.41, 5.74) is 1.43. The molecular formula is C19H32N4O2S. The van der Waals surface area contributed by atoms with Gasteiger partial charge < -0.3 is 10.2 Å². The predicted octanol–water partition coefficient (Wildman–Crippen LogP) is 2.35. The number of hydrogen-bond donors (Lipinski definition) is 2. The van der Waals surface area contributed by atoms with Crippen molar-refractivity contribution in [1.82, 2.24) is 10.2 Å². The fourth-order valence-corrected chi connectivity index (χ4v) is 4.32. The maximum absolute atomic E-state index is 11.3. The molecular weight excluding hydrogens is 348 g/mol. The van der Waals surface area contributed by atoms with E-state index in [1.807, 2.05) is 19.2 Å². The monoisotopic (exact) mass is 380 g/mol. The highest BCUT2D eigenvalue weighted by Gasteiger charge is 2.31. The van der Waals surface area contributed by atoms with Gasteiger partial charge in [0.05, 0.1) is 4.90 Å². The normalized spacial score (nSPS) is 21.7. The van der Waals surface area contributed by atoms with Crippen molar-refractivity contribution in [2.24, 2.45) is 15.5 Å². The van der Waals surface area contributed by atoms with Crippen LogP contribution >= 0.6 is 0 Å². The lowest BCUT2D eigenvalue weighted by atomic mass is 9.78. The molecule has 0 radical (unpaired) electrons. The molecule has 2 rings (SSSR count). The molecule has 0 aromatic heterocycles. The van der Waals surface area contributed by atoms with Gasteiger partial charge in [-0.1, -0.05) is 32.4 Å². The van der Waals surface area contributed by atoms with Crippen molar-refractivity contribution in [1.29, 1.82) is 0 Å². The second-order valence-corrected chi connectivity index (χ2v) is 9.06. The summed E-state index contributed by atoms with van der Waals surface area (Å²) in [6.45, 7) is 7.47. The third-order valence-corrected chi connectivity index (χ3v) is 6.02. The molecule has 0 amide bonds. The van der Waals surface area contributed by atoms with Crippen LogP contribution in [-0.2, 0) is 16.4 Å². The van der Waals surface area contributed by atoms with E-state index in [9.17, 15) is 8.42 Å². The Bertz CT molecular complexity index is 712. The van der Waals surface area contributed by atoms with Gasteiger partial charge in [-0.05, 0) is 48.8 Å². The van der Waals surface area contributed by atoms with Crippen molar-refractivity contribution < 1.29 is 8.42 Å². The first kappa shape index (κ1) is 20.7. The molecule has 26 heavy (non-hydrogen) atoms. The van der Waals surface area contributed by atoms with Gasteiger partial charge >= 0.3 is 0 Å². The first-order valence-electron chi connectivity index (χ1n) is 9.35. The standard InChI is InChI=1S/C19H32N4O2S/c1-4-11-19(2)12-5-14-23(15-19)18(21-3)22-13-10-16-6-8-17(9-7-16)26(20,24)25/h6-9H,4-5,10-15H2,1-3H3,(H,21,22)(H2,20,24,25). The van der Waals surface area contributed by atoms with Crippen LogP contribution in [0.25, 0.3) is 0 Å². The molecule has 6 nitrogen and oxygen atoms in total. The van der Waals surface area contributed by atoms with E-state index in [2.05, 4.69) is 29.1 Å². The molecule has 146 valence electrons. The van der Waals surface area contributed by atoms with Crippen molar-refractivity contribution >= 4 is 16.0 Å². The highest BCUT2D eigenvalue weighted by atomic mass is 32.2. The molecule has 3 N–H and O–H groups in total. The van der Waals surface area contributed by atoms with Crippen molar-refractivity contribution in [2.45, 2.75) is 50.8 Å². The van der Waals surface area contributed by atoms with Gasteiger partial charge in [-0.3, -0.25) is 4.99 Å². The Hall–Kier alpha value is -1.60. The van der Waals surface area contributed by atoms with E-state index >= 15 is 0 Å². The Morgan fingerprint density at radius 3 is 2.62 bits per heavy atom. The quantitative estimate of drug-likeness (QED) is 0.586. The minimum absolute atomic E-state index is 0.147. The number of guanidine groups is 1. The summed E-state index contributed by atoms with van der Waals surface area (Å²) in [5, 5.41) is 8.57. The third-order valence-electron chi connectivity index (χ3n) is 5.09. The van der Waals surface area contributed by atoms with Crippen LogP contribution in [-0.4, -0.2) is 46.0 Å². The summed E-state index contributed by atoms with van der Waals surface area (Å²) in [5.74, 6) is 0.952. The summed E-state index contributed by atoms with van der Waals surface area (Å²) in [6.07, 6.45) is 5.74. The molecule has 1 aliphatic rings. The molecule has 1 atom stereocenters. The summed E-state index contributed by atoms with van der Waals surface area (Å²) < 4.78 is 22.6. The molecule has 1 aromatic carbocycles. The summed E-state index contributed by atoms with van der Waals surface area (Å²) in [6, 6.07) is 6.73. The molecule has 1 aromatic rings. The largest absolute Gasteiger partial charge is 0.356 e. The van der Waals surface area contributed by atoms with Crippen LogP contribution in [0.1, 0.15) is 45.1 Å². The minimum Gasteiger partial charge on any atom is -0.356 e. The van der Waals surface area contributed by atoms with Crippen LogP contribution in [0.2, 0.25) is 0 Å². The van der Waals surface area contributed by atoms with Crippen LogP contribution in [0.5, 0.6) is 0 Å². The number of hydrogen-bond acceptors (Lipinski definition) is 3. The number of nitrogens with two attached hydrogens (primary N) is 1. The SMILES string of the molecule is CCCC1(C)CCCN(C(=NC)NCCc2ccc(S(N)(=O)=O)cc2)C1. The van der Waals surface area contributed by atoms with E-state index in [0.29, 0.717) is 5.41 Å². The van der Waals surface area contributed by atoms with Gasteiger partial charge in [0, 0.05) is 26.7 Å². The zero-order valence-corrected chi connectivity index (χ0v) is 17.0. The molecule has 0 saturated carbocycles. The second-order valence-electron chi connectivity index (χ2n) is 7.50. The lowest BCUT2D eigenvalue weighted by molar-refractivity contribution is 0.142. The van der Waals surface area contributed by atoms with Crippen LogP contribution in [0.15, 0.2) is 34.2 Å². The Balaban J connectivity index is 1.89. The number of rotatable bonds is 6. The number of nitrogens with one attached hydrogen (secondary N) is 1. The van der Waals surface area contributed by atoms with Crippen molar-refractivity contribution in [3.8, 4) is 0 Å². The van der Waals surface area contributed by atoms with E-state index in [4.69, 9.17) is 5.14 Å². The third kappa shape index (κ3) is 5.71. The number of likely N-dealkylation sites (tertiary alicyclic amines) is 1. The van der Waals surface area contributed by atoms with E-state index in [1.54, 1.807) is 12.1 Å². The number of benzene rings is 1. The lowest BCUT2D eigenvalue weighted by Gasteiger charge is -2.42. The molecule has 7 heteroatoms. The number of primary sulfonamides is 1. The highest BCUT2D eigenvalue weighted by molar-refractivity contribution is 7.89. The summed E-state index contributed by atoms with van der Waals surface area (Å²) in [4.78, 5) is 6.96. The van der Waals surface area contributed by atoms with Crippen LogP contribution in [0.3, 0.4) is 0 Å². The maximum atomic E-state index is 11.3. The molecule has 1 aliphatic heterocycles. The van der Waals surface area contributed by atoms with E-state index in [1.165, 1.54) is 25.7 Å². The first-order valence-corrected chi connectivity index (χ1v) is 10.9. The Morgan fingerprint density at radius 1 is 1.35 bits per heavy atom. The fourth-order valence-electron chi connectivity index (χ4n) is 3.80. The zero-order chi connectivity index (χ0) is 19.2. The van der Waals surface area contributed by atoms with Gasteiger partial charge in [0.2, 0.25) is 10.0 Å². The summed E-state index contributed by atoms with van der Waals surface area (Å²) in [7, 11) is -1.80. The van der Waals surface area contributed by atoms with Crippen molar-refractivity contribution in [3.63, 3.8) is 0 Å². The van der Waals surface area contributed by atoms with Crippen LogP contribution in [0, 0.1) is 5.41 Å². The van der Waals surface area contributed by atoms with Gasteiger partial charge in [0.1, 0.15) is 0 Å². The second kappa shape index (κ2) is 8.86. The van der Waals surface area contributed by atoms with Crippen molar-refractivity contribution in [3.05, 3.63) is 29.8 Å². The van der Waals surface area contributed by atoms with Crippen LogP contribution in [0.4, 0.5) is 0 Å². The van der Waals surface area contributed by atoms with E-state index in [0.717, 1.165) is 37.6 Å². The number of sulfonamides is 1. The van der Waals surface area contributed by atoms with E-state index in [-0.39, 0.29) is 4.90 Å². The number of nitrogens with zero attached hydrogens (tertiary/aromatic N) is 2. The average Bonchev–Trinajstić information content (AvgIpc) is 2.58. The topological polar surface area (TPSA) is 87.8 Å². The smallest absolute Gasteiger partial charge is 0.238 e. The molecule has 0 spiro atoms. The summed E-state index contributed by atoms with van der Waals surface area (Å²) >= 11 is 0. The minimum atomic E-state index is -3.63. The van der Waals surface area contributed by atoms with Gasteiger partial charge in [0.25, 0.3) is 0 Å². The molecule has 1 saturated heterocycles. The van der Waals surface area contributed by atoms with Gasteiger partial charge in [-0.25, -0.2) is 13.6 Å². The van der Waals surface area contributed by atoms with Gasteiger partial charge in [-0.2, -0.15) is 0 Å². The fraction of sp³-hybridized carbons (Fsp3) is 0.632. The van der Waals surface area contributed by atoms with E-state index < -0.39 is 10.0 Å². The predicted molar refractivity (Wildman–Crippen MR) is 107 cm³/mol. The van der Waals surface area contributed by atoms with Gasteiger partial charge in [-0.15, -0.1) is 0 Å². The maximum Gasteiger partial charge on any atom is 0.238 e. The zero-order valence-electron chi connectivity index (χ0n) is 16.2. The first-order chi connectivity index (χ1) is 12.3. The number of piperidine rings is 1. The Labute approximate surface area is 157 Å².